The fourth-order valence-electron chi connectivity index (χ4n) is 2.96. The van der Waals surface area contributed by atoms with Crippen LogP contribution in [0.4, 0.5) is 4.39 Å². The van der Waals surface area contributed by atoms with E-state index in [1.54, 1.807) is 19.1 Å². The first-order valence-corrected chi connectivity index (χ1v) is 6.55. The Bertz CT molecular complexity index is 472. The van der Waals surface area contributed by atoms with Gasteiger partial charge < -0.3 is 9.84 Å². The summed E-state index contributed by atoms with van der Waals surface area (Å²) in [6, 6.07) is 4.76. The van der Waals surface area contributed by atoms with Gasteiger partial charge in [-0.3, -0.25) is 4.79 Å². The average Bonchev–Trinajstić information content (AvgIpc) is 2.81. The molecule has 0 spiro atoms. The maximum atomic E-state index is 13.7. The van der Waals surface area contributed by atoms with Crippen molar-refractivity contribution >= 4 is 5.97 Å². The monoisotopic (exact) mass is 266 g/mol. The Kier molecular flexibility index (Phi) is 4.20. The number of hydrogen-bond acceptors (Lipinski definition) is 3. The van der Waals surface area contributed by atoms with Crippen LogP contribution in [0.25, 0.3) is 0 Å². The van der Waals surface area contributed by atoms with Crippen molar-refractivity contribution in [1.82, 2.24) is 0 Å². The fourth-order valence-corrected chi connectivity index (χ4v) is 2.96. The van der Waals surface area contributed by atoms with Crippen LogP contribution in [-0.4, -0.2) is 24.3 Å². The summed E-state index contributed by atoms with van der Waals surface area (Å²) in [6.45, 7) is 1.67. The molecule has 1 aliphatic carbocycles. The number of esters is 1. The van der Waals surface area contributed by atoms with Crippen LogP contribution in [0, 0.1) is 18.7 Å². The average molecular weight is 266 g/mol. The second-order valence-electron chi connectivity index (χ2n) is 5.18. The fraction of sp³-hybridized carbons (Fsp3) is 0.533. The van der Waals surface area contributed by atoms with E-state index < -0.39 is 5.92 Å². The molecule has 3 atom stereocenters. The van der Waals surface area contributed by atoms with Crippen LogP contribution in [0.15, 0.2) is 18.2 Å². The van der Waals surface area contributed by atoms with Crippen LogP contribution in [0.1, 0.15) is 36.3 Å². The maximum Gasteiger partial charge on any atom is 0.313 e. The second-order valence-corrected chi connectivity index (χ2v) is 5.18. The van der Waals surface area contributed by atoms with Crippen LogP contribution in [0.3, 0.4) is 0 Å². The highest BCUT2D eigenvalue weighted by Crippen LogP contribution is 2.39. The number of carbonyl (C=O) groups excluding carboxylic acids is 1. The summed E-state index contributed by atoms with van der Waals surface area (Å²) in [6.07, 6.45) is 1.64. The molecule has 1 saturated carbocycles. The molecule has 1 aromatic carbocycles. The molecule has 0 amide bonds. The molecule has 0 aromatic heterocycles. The van der Waals surface area contributed by atoms with Crippen LogP contribution >= 0.6 is 0 Å². The summed E-state index contributed by atoms with van der Waals surface area (Å²) < 4.78 is 18.5. The molecular weight excluding hydrogens is 247 g/mol. The largest absolute Gasteiger partial charge is 0.469 e. The summed E-state index contributed by atoms with van der Waals surface area (Å²) in [5, 5.41) is 9.65. The predicted octanol–water partition coefficient (Wildman–Crippen LogP) is 2.55. The lowest BCUT2D eigenvalue weighted by Crippen LogP contribution is -2.23. The van der Waals surface area contributed by atoms with Crippen LogP contribution in [-0.2, 0) is 9.53 Å². The quantitative estimate of drug-likeness (QED) is 0.855. The molecule has 0 aliphatic heterocycles. The summed E-state index contributed by atoms with van der Waals surface area (Å²) in [7, 11) is 1.34. The molecule has 0 bridgehead atoms. The minimum absolute atomic E-state index is 0.0166. The number of ether oxygens (including phenoxy) is 1. The molecule has 104 valence electrons. The van der Waals surface area contributed by atoms with E-state index in [2.05, 4.69) is 0 Å². The van der Waals surface area contributed by atoms with E-state index in [4.69, 9.17) is 4.74 Å². The summed E-state index contributed by atoms with van der Waals surface area (Å²) in [5.41, 5.74) is 1.16. The van der Waals surface area contributed by atoms with Gasteiger partial charge in [-0.05, 0) is 49.3 Å². The molecule has 1 fully saturated rings. The van der Waals surface area contributed by atoms with Gasteiger partial charge in [0.15, 0.2) is 0 Å². The first kappa shape index (κ1) is 14.0. The Morgan fingerprint density at radius 2 is 2.21 bits per heavy atom. The van der Waals surface area contributed by atoms with Crippen molar-refractivity contribution < 1.29 is 19.0 Å². The van der Waals surface area contributed by atoms with Gasteiger partial charge >= 0.3 is 5.97 Å². The lowest BCUT2D eigenvalue weighted by molar-refractivity contribution is -0.143. The number of hydrogen-bond donors (Lipinski definition) is 1. The third kappa shape index (κ3) is 2.78. The summed E-state index contributed by atoms with van der Waals surface area (Å²) >= 11 is 0. The number of carbonyl (C=O) groups is 1. The van der Waals surface area contributed by atoms with E-state index in [-0.39, 0.29) is 23.8 Å². The van der Waals surface area contributed by atoms with Gasteiger partial charge in [0.2, 0.25) is 0 Å². The number of benzene rings is 1. The Labute approximate surface area is 112 Å². The number of aliphatic hydroxyl groups excluding tert-OH is 1. The van der Waals surface area contributed by atoms with Crippen molar-refractivity contribution in [3.05, 3.63) is 35.1 Å². The van der Waals surface area contributed by atoms with E-state index in [1.807, 2.05) is 0 Å². The van der Waals surface area contributed by atoms with Crippen LogP contribution in [0.5, 0.6) is 0 Å². The minimum Gasteiger partial charge on any atom is -0.469 e. The van der Waals surface area contributed by atoms with E-state index in [0.29, 0.717) is 24.0 Å². The van der Waals surface area contributed by atoms with Crippen molar-refractivity contribution in [2.45, 2.75) is 38.2 Å². The highest BCUT2D eigenvalue weighted by molar-refractivity contribution is 5.79. The minimum atomic E-state index is -0.488. The van der Waals surface area contributed by atoms with Crippen molar-refractivity contribution in [3.8, 4) is 0 Å². The standard InChI is InChI=1S/C15H19FO3/c1-9-12(4-3-5-13(9)16)14(15(18)19-2)10-6-7-11(17)8-10/h3-5,10-11,14,17H,6-8H2,1-2H3. The third-order valence-electron chi connectivity index (χ3n) is 4.02. The van der Waals surface area contributed by atoms with E-state index in [0.717, 1.165) is 6.42 Å². The Balaban J connectivity index is 2.37. The Hall–Kier alpha value is -1.42. The Morgan fingerprint density at radius 3 is 2.79 bits per heavy atom. The lowest BCUT2D eigenvalue weighted by atomic mass is 9.82. The van der Waals surface area contributed by atoms with Gasteiger partial charge in [0, 0.05) is 0 Å². The highest BCUT2D eigenvalue weighted by Gasteiger charge is 2.37. The zero-order chi connectivity index (χ0) is 14.0. The van der Waals surface area contributed by atoms with Gasteiger partial charge in [0.05, 0.1) is 19.1 Å². The zero-order valence-corrected chi connectivity index (χ0v) is 11.2. The molecule has 3 unspecified atom stereocenters. The van der Waals surface area contributed by atoms with Crippen LogP contribution < -0.4 is 0 Å². The molecule has 19 heavy (non-hydrogen) atoms. The molecule has 1 N–H and O–H groups in total. The first-order valence-electron chi connectivity index (χ1n) is 6.55. The topological polar surface area (TPSA) is 46.5 Å². The lowest BCUT2D eigenvalue weighted by Gasteiger charge is -2.23. The van der Waals surface area contributed by atoms with Crippen molar-refractivity contribution in [2.75, 3.05) is 7.11 Å². The normalized spacial score (nSPS) is 24.2. The second kappa shape index (κ2) is 5.70. The summed E-state index contributed by atoms with van der Waals surface area (Å²) in [5.74, 6) is -1.14. The first-order chi connectivity index (χ1) is 9.04. The number of halogens is 1. The number of methoxy groups -OCH3 is 1. The Morgan fingerprint density at radius 1 is 1.47 bits per heavy atom. The smallest absolute Gasteiger partial charge is 0.313 e. The van der Waals surface area contributed by atoms with Gasteiger partial charge in [-0.25, -0.2) is 4.39 Å². The van der Waals surface area contributed by atoms with Gasteiger partial charge in [0.1, 0.15) is 5.82 Å². The van der Waals surface area contributed by atoms with Gasteiger partial charge in [0.25, 0.3) is 0 Å². The molecule has 1 aromatic rings. The van der Waals surface area contributed by atoms with Crippen LogP contribution in [0.2, 0.25) is 0 Å². The third-order valence-corrected chi connectivity index (χ3v) is 4.02. The zero-order valence-electron chi connectivity index (χ0n) is 11.2. The maximum absolute atomic E-state index is 13.7. The number of aliphatic hydroxyl groups is 1. The van der Waals surface area contributed by atoms with Crippen molar-refractivity contribution in [1.29, 1.82) is 0 Å². The van der Waals surface area contributed by atoms with Crippen molar-refractivity contribution in [2.24, 2.45) is 5.92 Å². The van der Waals surface area contributed by atoms with E-state index in [9.17, 15) is 14.3 Å². The highest BCUT2D eigenvalue weighted by atomic mass is 19.1. The molecule has 2 rings (SSSR count). The van der Waals surface area contributed by atoms with Crippen molar-refractivity contribution in [3.63, 3.8) is 0 Å². The molecule has 0 saturated heterocycles. The molecule has 0 heterocycles. The van der Waals surface area contributed by atoms with E-state index in [1.165, 1.54) is 13.2 Å². The number of rotatable bonds is 3. The van der Waals surface area contributed by atoms with E-state index >= 15 is 0 Å². The molecule has 1 aliphatic rings. The molecule has 0 radical (unpaired) electrons. The molecule has 4 heteroatoms. The summed E-state index contributed by atoms with van der Waals surface area (Å²) in [4.78, 5) is 12.0. The predicted molar refractivity (Wildman–Crippen MR) is 69.2 cm³/mol. The van der Waals surface area contributed by atoms with Gasteiger partial charge in [-0.1, -0.05) is 12.1 Å². The van der Waals surface area contributed by atoms with Gasteiger partial charge in [-0.15, -0.1) is 0 Å². The molecule has 3 nitrogen and oxygen atoms in total. The SMILES string of the molecule is COC(=O)C(c1cccc(F)c1C)C1CCC(O)C1. The molecular formula is C15H19FO3. The van der Waals surface area contributed by atoms with Gasteiger partial charge in [-0.2, -0.15) is 0 Å².